The fraction of sp³-hybridized carbons (Fsp3) is 1.00. The van der Waals surface area contributed by atoms with E-state index in [-0.39, 0.29) is 0 Å². The Morgan fingerprint density at radius 1 is 1.10 bits per heavy atom. The van der Waals surface area contributed by atoms with Crippen LogP contribution in [0.3, 0.4) is 0 Å². The van der Waals surface area contributed by atoms with Gasteiger partial charge in [-0.15, -0.1) is 0 Å². The van der Waals surface area contributed by atoms with Crippen LogP contribution < -0.4 is 5.73 Å². The van der Waals surface area contributed by atoms with Gasteiger partial charge >= 0.3 is 0 Å². The van der Waals surface area contributed by atoms with Crippen molar-refractivity contribution in [1.29, 1.82) is 0 Å². The van der Waals surface area contributed by atoms with Gasteiger partial charge in [0.05, 0.1) is 0 Å². The minimum atomic E-state index is 0.894. The quantitative estimate of drug-likeness (QED) is 0.620. The number of hydrogen-bond acceptors (Lipinski definition) is 1. The molecule has 1 nitrogen and oxygen atoms in total. The molecule has 0 spiro atoms. The zero-order chi connectivity index (χ0) is 6.97. The molecule has 0 radical (unpaired) electrons. The van der Waals surface area contributed by atoms with Gasteiger partial charge < -0.3 is 5.73 Å². The fourth-order valence-electron chi connectivity index (χ4n) is 2.28. The second kappa shape index (κ2) is 2.54. The van der Waals surface area contributed by atoms with Crippen LogP contribution in [0.4, 0.5) is 0 Å². The molecule has 2 rings (SSSR count). The third kappa shape index (κ3) is 0.968. The highest BCUT2D eigenvalue weighted by atomic mass is 14.6. The molecular weight excluding hydrogens is 122 g/mol. The first-order valence-electron chi connectivity index (χ1n) is 4.60. The van der Waals surface area contributed by atoms with Crippen LogP contribution in [0.1, 0.15) is 32.1 Å². The molecule has 0 aromatic rings. The molecular formula is C9H17N. The third-order valence-electron chi connectivity index (χ3n) is 3.42. The SMILES string of the molecule is NCC1CC(C2CCC2)C1. The van der Waals surface area contributed by atoms with Crippen molar-refractivity contribution in [3.63, 3.8) is 0 Å². The molecule has 2 aliphatic rings. The van der Waals surface area contributed by atoms with Gasteiger partial charge in [0.1, 0.15) is 0 Å². The zero-order valence-electron chi connectivity index (χ0n) is 6.55. The molecule has 1 heteroatoms. The largest absolute Gasteiger partial charge is 0.330 e. The van der Waals surface area contributed by atoms with Gasteiger partial charge in [-0.05, 0) is 37.1 Å². The van der Waals surface area contributed by atoms with E-state index in [0.29, 0.717) is 0 Å². The van der Waals surface area contributed by atoms with E-state index in [4.69, 9.17) is 5.73 Å². The normalized spacial score (nSPS) is 40.5. The first kappa shape index (κ1) is 6.66. The molecule has 2 aliphatic carbocycles. The second-order valence-electron chi connectivity index (χ2n) is 4.02. The van der Waals surface area contributed by atoms with Crippen molar-refractivity contribution >= 4 is 0 Å². The summed E-state index contributed by atoms with van der Waals surface area (Å²) in [7, 11) is 0. The Bertz CT molecular complexity index is 112. The van der Waals surface area contributed by atoms with Crippen LogP contribution in [0.2, 0.25) is 0 Å². The summed E-state index contributed by atoms with van der Waals surface area (Å²) in [4.78, 5) is 0. The number of hydrogen-bond donors (Lipinski definition) is 1. The summed E-state index contributed by atoms with van der Waals surface area (Å²) in [5.41, 5.74) is 5.56. The van der Waals surface area contributed by atoms with E-state index in [2.05, 4.69) is 0 Å². The lowest BCUT2D eigenvalue weighted by atomic mass is 9.62. The summed E-state index contributed by atoms with van der Waals surface area (Å²) in [5, 5.41) is 0. The van der Waals surface area contributed by atoms with Crippen molar-refractivity contribution in [2.45, 2.75) is 32.1 Å². The molecule has 0 bridgehead atoms. The van der Waals surface area contributed by atoms with Gasteiger partial charge in [-0.3, -0.25) is 0 Å². The number of nitrogens with two attached hydrogens (primary N) is 1. The topological polar surface area (TPSA) is 26.0 Å². The molecule has 0 aliphatic heterocycles. The lowest BCUT2D eigenvalue weighted by Crippen LogP contribution is -2.36. The van der Waals surface area contributed by atoms with E-state index in [9.17, 15) is 0 Å². The fourth-order valence-corrected chi connectivity index (χ4v) is 2.28. The maximum atomic E-state index is 5.56. The highest BCUT2D eigenvalue weighted by Crippen LogP contribution is 2.46. The van der Waals surface area contributed by atoms with E-state index in [0.717, 1.165) is 24.3 Å². The summed E-state index contributed by atoms with van der Waals surface area (Å²) in [6.07, 6.45) is 7.42. The van der Waals surface area contributed by atoms with Crippen LogP contribution in [0.5, 0.6) is 0 Å². The molecule has 0 aromatic heterocycles. The van der Waals surface area contributed by atoms with Crippen LogP contribution in [0.15, 0.2) is 0 Å². The van der Waals surface area contributed by atoms with E-state index in [1.165, 1.54) is 32.1 Å². The van der Waals surface area contributed by atoms with Crippen molar-refractivity contribution in [2.75, 3.05) is 6.54 Å². The van der Waals surface area contributed by atoms with E-state index >= 15 is 0 Å². The van der Waals surface area contributed by atoms with E-state index < -0.39 is 0 Å². The summed E-state index contributed by atoms with van der Waals surface area (Å²) in [6.45, 7) is 0.934. The smallest absolute Gasteiger partial charge is 0.00487 e. The molecule has 2 N–H and O–H groups in total. The van der Waals surface area contributed by atoms with Gasteiger partial charge in [0.25, 0.3) is 0 Å². The lowest BCUT2D eigenvalue weighted by Gasteiger charge is -2.44. The Hall–Kier alpha value is -0.0400. The van der Waals surface area contributed by atoms with E-state index in [1.807, 2.05) is 0 Å². The minimum absolute atomic E-state index is 0.894. The Morgan fingerprint density at radius 3 is 2.20 bits per heavy atom. The summed E-state index contributed by atoms with van der Waals surface area (Å²) < 4.78 is 0. The zero-order valence-corrected chi connectivity index (χ0v) is 6.55. The highest BCUT2D eigenvalue weighted by Gasteiger charge is 2.36. The maximum Gasteiger partial charge on any atom is -0.00487 e. The number of rotatable bonds is 2. The monoisotopic (exact) mass is 139 g/mol. The maximum absolute atomic E-state index is 5.56. The minimum Gasteiger partial charge on any atom is -0.330 e. The van der Waals surface area contributed by atoms with Crippen LogP contribution in [0.25, 0.3) is 0 Å². The first-order valence-corrected chi connectivity index (χ1v) is 4.60. The summed E-state index contributed by atoms with van der Waals surface area (Å²) >= 11 is 0. The predicted octanol–water partition coefficient (Wildman–Crippen LogP) is 1.77. The van der Waals surface area contributed by atoms with Crippen molar-refractivity contribution in [2.24, 2.45) is 23.5 Å². The van der Waals surface area contributed by atoms with Crippen LogP contribution in [-0.4, -0.2) is 6.54 Å². The second-order valence-corrected chi connectivity index (χ2v) is 4.02. The standard InChI is InChI=1S/C9H17N/c10-6-7-4-9(5-7)8-2-1-3-8/h7-9H,1-6,10H2. The van der Waals surface area contributed by atoms with Gasteiger partial charge in [-0.25, -0.2) is 0 Å². The molecule has 10 heavy (non-hydrogen) atoms. The van der Waals surface area contributed by atoms with Crippen molar-refractivity contribution in [3.8, 4) is 0 Å². The predicted molar refractivity (Wildman–Crippen MR) is 42.6 cm³/mol. The van der Waals surface area contributed by atoms with Gasteiger partial charge in [-0.2, -0.15) is 0 Å². The van der Waals surface area contributed by atoms with Gasteiger partial charge in [-0.1, -0.05) is 19.3 Å². The lowest BCUT2D eigenvalue weighted by molar-refractivity contribution is 0.0783. The van der Waals surface area contributed by atoms with Crippen molar-refractivity contribution in [1.82, 2.24) is 0 Å². The molecule has 0 saturated heterocycles. The Morgan fingerprint density at radius 2 is 1.80 bits per heavy atom. The molecule has 2 fully saturated rings. The molecule has 0 heterocycles. The molecule has 0 amide bonds. The van der Waals surface area contributed by atoms with Gasteiger partial charge in [0.2, 0.25) is 0 Å². The molecule has 0 aromatic carbocycles. The molecule has 0 unspecified atom stereocenters. The van der Waals surface area contributed by atoms with Gasteiger partial charge in [0, 0.05) is 0 Å². The van der Waals surface area contributed by atoms with Gasteiger partial charge in [0.15, 0.2) is 0 Å². The Balaban J connectivity index is 1.69. The first-order chi connectivity index (χ1) is 4.90. The molecule has 58 valence electrons. The summed E-state index contributed by atoms with van der Waals surface area (Å²) in [5.74, 6) is 3.09. The average Bonchev–Trinajstić information content (AvgIpc) is 1.72. The van der Waals surface area contributed by atoms with Crippen LogP contribution in [0, 0.1) is 17.8 Å². The average molecular weight is 139 g/mol. The Labute approximate surface area is 63.0 Å². The molecule has 2 saturated carbocycles. The summed E-state index contributed by atoms with van der Waals surface area (Å²) in [6, 6.07) is 0. The van der Waals surface area contributed by atoms with Crippen LogP contribution in [-0.2, 0) is 0 Å². The van der Waals surface area contributed by atoms with E-state index in [1.54, 1.807) is 0 Å². The molecule has 0 atom stereocenters. The highest BCUT2D eigenvalue weighted by molar-refractivity contribution is 4.88. The van der Waals surface area contributed by atoms with Crippen LogP contribution >= 0.6 is 0 Å². The third-order valence-corrected chi connectivity index (χ3v) is 3.42. The van der Waals surface area contributed by atoms with Crippen molar-refractivity contribution < 1.29 is 0 Å². The van der Waals surface area contributed by atoms with Crippen molar-refractivity contribution in [3.05, 3.63) is 0 Å². The Kier molecular flexibility index (Phi) is 1.69.